The van der Waals surface area contributed by atoms with Gasteiger partial charge in [0, 0.05) is 12.1 Å². The molecule has 0 atom stereocenters. The van der Waals surface area contributed by atoms with Gasteiger partial charge in [-0.2, -0.15) is 0 Å². The standard InChI is InChI=1S/C15H18FN3/c1-4-7-17-15-18-9-13(16)14(19-15)12-6-5-10(2)8-11(12)3/h5-6,8-9H,4,7H2,1-3H3,(H,17,18,19). The number of aryl methyl sites for hydroxylation is 2. The van der Waals surface area contributed by atoms with Crippen LogP contribution in [0.5, 0.6) is 0 Å². The molecule has 2 aromatic rings. The van der Waals surface area contributed by atoms with Crippen LogP contribution in [-0.2, 0) is 0 Å². The minimum atomic E-state index is -0.394. The summed E-state index contributed by atoms with van der Waals surface area (Å²) in [7, 11) is 0. The Morgan fingerprint density at radius 3 is 2.74 bits per heavy atom. The van der Waals surface area contributed by atoms with Crippen LogP contribution in [0.25, 0.3) is 11.3 Å². The monoisotopic (exact) mass is 259 g/mol. The molecule has 19 heavy (non-hydrogen) atoms. The average Bonchev–Trinajstić information content (AvgIpc) is 2.38. The van der Waals surface area contributed by atoms with Crippen LogP contribution in [0.4, 0.5) is 10.3 Å². The number of anilines is 1. The largest absolute Gasteiger partial charge is 0.354 e. The van der Waals surface area contributed by atoms with Gasteiger partial charge in [0.25, 0.3) is 0 Å². The number of aromatic nitrogens is 2. The van der Waals surface area contributed by atoms with Gasteiger partial charge in [-0.1, -0.05) is 30.7 Å². The molecule has 1 heterocycles. The summed E-state index contributed by atoms with van der Waals surface area (Å²) in [5, 5.41) is 3.07. The molecule has 100 valence electrons. The molecule has 0 aliphatic heterocycles. The molecule has 0 radical (unpaired) electrons. The zero-order valence-corrected chi connectivity index (χ0v) is 11.5. The van der Waals surface area contributed by atoms with Gasteiger partial charge in [0.2, 0.25) is 5.95 Å². The van der Waals surface area contributed by atoms with Crippen molar-refractivity contribution in [2.75, 3.05) is 11.9 Å². The highest BCUT2D eigenvalue weighted by atomic mass is 19.1. The average molecular weight is 259 g/mol. The van der Waals surface area contributed by atoms with Crippen LogP contribution in [-0.4, -0.2) is 16.5 Å². The molecule has 1 aromatic carbocycles. The van der Waals surface area contributed by atoms with Gasteiger partial charge in [0.05, 0.1) is 6.20 Å². The topological polar surface area (TPSA) is 37.8 Å². The van der Waals surface area contributed by atoms with Crippen molar-refractivity contribution in [2.45, 2.75) is 27.2 Å². The number of rotatable bonds is 4. The van der Waals surface area contributed by atoms with Gasteiger partial charge in [0.15, 0.2) is 5.82 Å². The van der Waals surface area contributed by atoms with E-state index in [1.54, 1.807) is 0 Å². The summed E-state index contributed by atoms with van der Waals surface area (Å²) < 4.78 is 13.9. The van der Waals surface area contributed by atoms with Crippen molar-refractivity contribution in [3.05, 3.63) is 41.3 Å². The predicted octanol–water partition coefficient (Wildman–Crippen LogP) is 3.72. The normalized spacial score (nSPS) is 10.5. The Hall–Kier alpha value is -1.97. The molecule has 0 spiro atoms. The molecule has 3 nitrogen and oxygen atoms in total. The third kappa shape index (κ3) is 3.08. The van der Waals surface area contributed by atoms with Crippen molar-refractivity contribution in [1.82, 2.24) is 9.97 Å². The van der Waals surface area contributed by atoms with Crippen molar-refractivity contribution in [2.24, 2.45) is 0 Å². The second kappa shape index (κ2) is 5.78. The molecule has 1 aromatic heterocycles. The summed E-state index contributed by atoms with van der Waals surface area (Å²) >= 11 is 0. The Kier molecular flexibility index (Phi) is 4.10. The van der Waals surface area contributed by atoms with Crippen molar-refractivity contribution in [1.29, 1.82) is 0 Å². The van der Waals surface area contributed by atoms with E-state index < -0.39 is 5.82 Å². The zero-order chi connectivity index (χ0) is 13.8. The van der Waals surface area contributed by atoms with Gasteiger partial charge < -0.3 is 5.32 Å². The highest BCUT2D eigenvalue weighted by Crippen LogP contribution is 2.25. The smallest absolute Gasteiger partial charge is 0.223 e. The second-order valence-electron chi connectivity index (χ2n) is 4.64. The third-order valence-electron chi connectivity index (χ3n) is 2.91. The van der Waals surface area contributed by atoms with E-state index in [4.69, 9.17) is 0 Å². The minimum absolute atomic E-state index is 0.353. The second-order valence-corrected chi connectivity index (χ2v) is 4.64. The predicted molar refractivity (Wildman–Crippen MR) is 75.7 cm³/mol. The van der Waals surface area contributed by atoms with E-state index in [1.165, 1.54) is 6.20 Å². The first-order chi connectivity index (χ1) is 9.11. The van der Waals surface area contributed by atoms with Crippen molar-refractivity contribution in [3.63, 3.8) is 0 Å². The molecule has 2 rings (SSSR count). The number of hydrogen-bond donors (Lipinski definition) is 1. The number of nitrogens with zero attached hydrogens (tertiary/aromatic N) is 2. The van der Waals surface area contributed by atoms with Gasteiger partial charge >= 0.3 is 0 Å². The fraction of sp³-hybridized carbons (Fsp3) is 0.333. The van der Waals surface area contributed by atoms with Crippen LogP contribution in [0.15, 0.2) is 24.4 Å². The molecule has 4 heteroatoms. The first-order valence-corrected chi connectivity index (χ1v) is 6.46. The lowest BCUT2D eigenvalue weighted by atomic mass is 10.0. The molecule has 0 fully saturated rings. The maximum atomic E-state index is 13.9. The molecule has 0 aliphatic rings. The maximum absolute atomic E-state index is 13.9. The highest BCUT2D eigenvalue weighted by Gasteiger charge is 2.11. The lowest BCUT2D eigenvalue weighted by Gasteiger charge is -2.09. The molecule has 0 amide bonds. The molecule has 0 aliphatic carbocycles. The lowest BCUT2D eigenvalue weighted by molar-refractivity contribution is 0.618. The van der Waals surface area contributed by atoms with Crippen LogP contribution in [0, 0.1) is 19.7 Å². The summed E-state index contributed by atoms with van der Waals surface area (Å²) in [5.41, 5.74) is 3.33. The SMILES string of the molecule is CCCNc1ncc(F)c(-c2ccc(C)cc2C)n1. The van der Waals surface area contributed by atoms with E-state index in [2.05, 4.69) is 22.2 Å². The van der Waals surface area contributed by atoms with Crippen LogP contribution in [0.3, 0.4) is 0 Å². The van der Waals surface area contributed by atoms with E-state index in [0.717, 1.165) is 29.7 Å². The summed E-state index contributed by atoms with van der Waals surface area (Å²) in [6.45, 7) is 6.81. The van der Waals surface area contributed by atoms with Crippen LogP contribution >= 0.6 is 0 Å². The van der Waals surface area contributed by atoms with Gasteiger partial charge in [-0.3, -0.25) is 0 Å². The van der Waals surface area contributed by atoms with Gasteiger partial charge in [0.1, 0.15) is 5.69 Å². The van der Waals surface area contributed by atoms with Crippen molar-refractivity contribution in [3.8, 4) is 11.3 Å². The fourth-order valence-electron chi connectivity index (χ4n) is 1.96. The number of halogens is 1. The molecule has 0 saturated carbocycles. The highest BCUT2D eigenvalue weighted by molar-refractivity contribution is 5.65. The van der Waals surface area contributed by atoms with Gasteiger partial charge in [-0.15, -0.1) is 0 Å². The maximum Gasteiger partial charge on any atom is 0.223 e. The Morgan fingerprint density at radius 1 is 1.26 bits per heavy atom. The molecule has 1 N–H and O–H groups in total. The Bertz CT molecular complexity index is 582. The van der Waals surface area contributed by atoms with E-state index in [1.807, 2.05) is 32.0 Å². The first kappa shape index (κ1) is 13.5. The number of benzene rings is 1. The quantitative estimate of drug-likeness (QED) is 0.909. The molecule has 0 bridgehead atoms. The molecular formula is C15H18FN3. The summed E-state index contributed by atoms with van der Waals surface area (Å²) in [4.78, 5) is 8.23. The Labute approximate surface area is 112 Å². The van der Waals surface area contributed by atoms with Crippen LogP contribution < -0.4 is 5.32 Å². The Balaban J connectivity index is 2.42. The van der Waals surface area contributed by atoms with E-state index in [9.17, 15) is 4.39 Å². The van der Waals surface area contributed by atoms with Crippen molar-refractivity contribution < 1.29 is 4.39 Å². The van der Waals surface area contributed by atoms with Gasteiger partial charge in [-0.05, 0) is 25.8 Å². The van der Waals surface area contributed by atoms with Crippen LogP contribution in [0.2, 0.25) is 0 Å². The van der Waals surface area contributed by atoms with Crippen molar-refractivity contribution >= 4 is 5.95 Å². The third-order valence-corrected chi connectivity index (χ3v) is 2.91. The molecule has 0 saturated heterocycles. The van der Waals surface area contributed by atoms with E-state index in [-0.39, 0.29) is 0 Å². The Morgan fingerprint density at radius 2 is 2.05 bits per heavy atom. The fourth-order valence-corrected chi connectivity index (χ4v) is 1.96. The molecule has 0 unspecified atom stereocenters. The first-order valence-electron chi connectivity index (χ1n) is 6.46. The summed E-state index contributed by atoms with van der Waals surface area (Å²) in [6, 6.07) is 5.89. The number of hydrogen-bond acceptors (Lipinski definition) is 3. The van der Waals surface area contributed by atoms with E-state index >= 15 is 0 Å². The van der Waals surface area contributed by atoms with Crippen LogP contribution in [0.1, 0.15) is 24.5 Å². The summed E-state index contributed by atoms with van der Waals surface area (Å²) in [6.07, 6.45) is 2.19. The summed E-state index contributed by atoms with van der Waals surface area (Å²) in [5.74, 6) is 0.0761. The minimum Gasteiger partial charge on any atom is -0.354 e. The zero-order valence-electron chi connectivity index (χ0n) is 11.5. The molecular weight excluding hydrogens is 241 g/mol. The van der Waals surface area contributed by atoms with Gasteiger partial charge in [-0.25, -0.2) is 14.4 Å². The number of nitrogens with one attached hydrogen (secondary N) is 1. The lowest BCUT2D eigenvalue weighted by Crippen LogP contribution is -2.06. The van der Waals surface area contributed by atoms with E-state index in [0.29, 0.717) is 11.6 Å².